The van der Waals surface area contributed by atoms with Crippen molar-refractivity contribution < 1.29 is 43.9 Å². The van der Waals surface area contributed by atoms with Crippen LogP contribution in [-0.4, -0.2) is 25.0 Å². The lowest BCUT2D eigenvalue weighted by Gasteiger charge is -2.46. The van der Waals surface area contributed by atoms with Gasteiger partial charge in [0.2, 0.25) is 0 Å². The third-order valence-corrected chi connectivity index (χ3v) is 19.7. The Morgan fingerprint density at radius 1 is 0.267 bits per heavy atom. The van der Waals surface area contributed by atoms with Gasteiger partial charge < -0.3 is 28.1 Å². The number of fused-ring (bicyclic) bond motifs is 16. The minimum absolute atomic E-state index is 0.126. The van der Waals surface area contributed by atoms with Gasteiger partial charge in [-0.1, -0.05) is 239 Å². The molecule has 0 radical (unpaired) electrons. The maximum absolute atomic E-state index is 9.79. The summed E-state index contributed by atoms with van der Waals surface area (Å²) in [5.74, 6) is 0. The molecule has 4 aromatic heterocycles. The molecule has 0 bridgehead atoms. The molecular weight excluding hydrogens is 1220 g/mol. The van der Waals surface area contributed by atoms with Gasteiger partial charge in [0.25, 0.3) is 6.71 Å². The fraction of sp³-hybridized carbons (Fsp3) is 0.0426. The van der Waals surface area contributed by atoms with Crippen LogP contribution in [0.15, 0.2) is 339 Å². The molecule has 0 N–H and O–H groups in total. The van der Waals surface area contributed by atoms with Crippen molar-refractivity contribution in [1.82, 2.24) is 18.3 Å². The van der Waals surface area contributed by atoms with Gasteiger partial charge in [-0.2, -0.15) is 0 Å². The molecule has 21 rings (SSSR count). The van der Waals surface area contributed by atoms with Crippen molar-refractivity contribution in [2.45, 2.75) is 26.2 Å². The normalized spacial score (nSPS) is 17.3. The maximum atomic E-state index is 9.79. The highest BCUT2D eigenvalue weighted by Gasteiger charge is 2.45. The second kappa shape index (κ2) is 21.8. The molecule has 0 atom stereocenters. The van der Waals surface area contributed by atoms with E-state index in [0.717, 1.165) is 0 Å². The van der Waals surface area contributed by atoms with Gasteiger partial charge in [-0.05, 0) is 160 Å². The lowest BCUT2D eigenvalue weighted by atomic mass is 9.33. The molecule has 6 heterocycles. The summed E-state index contributed by atoms with van der Waals surface area (Å²) >= 11 is 0. The van der Waals surface area contributed by atoms with E-state index in [9.17, 15) is 27.4 Å². The minimum atomic E-state index is -0.990. The van der Waals surface area contributed by atoms with Crippen LogP contribution in [0.3, 0.4) is 0 Å². The van der Waals surface area contributed by atoms with E-state index in [0.29, 0.717) is 78.3 Å². The molecule has 474 valence electrons. The smallest absolute Gasteiger partial charge is 0.252 e. The van der Waals surface area contributed by atoms with Gasteiger partial charge in [-0.3, -0.25) is 0 Å². The SMILES string of the molecule is [2H]c1c([2H])c([2H])c2c(c1[2H])c1c([2H])c([2H])c([2H])c([2H])c1n2-c1cccc(-c2ccccc2N2c3cc(-n4c5c([2H])c([2H])c([2H])c([2H])c5c5c([2H])c([2H])c([2H])c([2H])c54)ccc3B3c4ccc(-n5c6c([2H])c([2H])c([2H])c([2H])c6c6c([2H])c([2H])c([2H])c([2H])c65)cc4N(c4ccccc4-c4cccc(-n5c6c([2H])c([2H])c([2H])c([2H])c6c6c([2H])c([2H])c([2H])c([2H])c65)c4)c4cc(C(C)(C)C)cc2c43)c1. The average Bonchev–Trinajstić information content (AvgIpc) is 1.70. The van der Waals surface area contributed by atoms with Crippen molar-refractivity contribution in [2.24, 2.45) is 0 Å². The Morgan fingerprint density at radius 3 is 0.861 bits per heavy atom. The molecule has 2 aliphatic rings. The van der Waals surface area contributed by atoms with E-state index in [-0.39, 0.29) is 110 Å². The quantitative estimate of drug-likeness (QED) is 0.142. The van der Waals surface area contributed by atoms with Crippen molar-refractivity contribution in [3.63, 3.8) is 0 Å². The van der Waals surface area contributed by atoms with Crippen molar-refractivity contribution in [2.75, 3.05) is 9.80 Å². The first kappa shape index (κ1) is 34.1. The number of rotatable bonds is 8. The summed E-state index contributed by atoms with van der Waals surface area (Å²) in [6, 6.07) is 23.2. The average molecular weight is 1320 g/mol. The Hall–Kier alpha value is -12.8. The zero-order valence-electron chi connectivity index (χ0n) is 85.6. The van der Waals surface area contributed by atoms with Crippen LogP contribution in [0.5, 0.6) is 0 Å². The van der Waals surface area contributed by atoms with Gasteiger partial charge in [0, 0.05) is 99.7 Å². The van der Waals surface area contributed by atoms with Crippen LogP contribution < -0.4 is 26.2 Å². The predicted octanol–water partition coefficient (Wildman–Crippen LogP) is 22.8. The Labute approximate surface area is 630 Å². The molecule has 7 heteroatoms. The van der Waals surface area contributed by atoms with Gasteiger partial charge in [0.05, 0.1) is 99.4 Å². The van der Waals surface area contributed by atoms with Crippen molar-refractivity contribution in [3.8, 4) is 45.0 Å². The molecule has 0 fully saturated rings. The lowest BCUT2D eigenvalue weighted by molar-refractivity contribution is 0.590. The second-order valence-electron chi connectivity index (χ2n) is 26.0. The van der Waals surface area contributed by atoms with Gasteiger partial charge in [0.1, 0.15) is 0 Å². The second-order valence-corrected chi connectivity index (χ2v) is 26.0. The van der Waals surface area contributed by atoms with Crippen molar-refractivity contribution >= 4 is 144 Å². The Kier molecular flexibility index (Phi) is 7.37. The van der Waals surface area contributed by atoms with Crippen LogP contribution in [0.4, 0.5) is 34.1 Å². The van der Waals surface area contributed by atoms with Crippen LogP contribution in [0.25, 0.3) is 132 Å². The topological polar surface area (TPSA) is 26.2 Å². The first-order valence-corrected chi connectivity index (χ1v) is 32.6. The summed E-state index contributed by atoms with van der Waals surface area (Å²) in [6.07, 6.45) is 0. The fourth-order valence-corrected chi connectivity index (χ4v) is 15.4. The Bertz CT molecular complexity index is 7910. The van der Waals surface area contributed by atoms with E-state index in [4.69, 9.17) is 16.4 Å². The van der Waals surface area contributed by atoms with Crippen LogP contribution in [-0.2, 0) is 5.41 Å². The Balaban J connectivity index is 0.901. The van der Waals surface area contributed by atoms with E-state index < -0.39 is 205 Å². The van der Waals surface area contributed by atoms with Crippen LogP contribution in [0, 0.1) is 0 Å². The molecule has 0 spiro atoms. The lowest BCUT2D eigenvalue weighted by Crippen LogP contribution is -2.61. The van der Waals surface area contributed by atoms with E-state index >= 15 is 0 Å². The highest BCUT2D eigenvalue weighted by molar-refractivity contribution is 7.00. The minimum Gasteiger partial charge on any atom is -0.311 e. The van der Waals surface area contributed by atoms with Crippen molar-refractivity contribution in [3.05, 3.63) is 345 Å². The number of benzene rings is 15. The summed E-state index contributed by atoms with van der Waals surface area (Å²) in [7, 11) is 0. The molecule has 0 aliphatic carbocycles. The van der Waals surface area contributed by atoms with E-state index in [1.807, 2.05) is 67.0 Å². The number of hydrogen-bond donors (Lipinski definition) is 0. The molecule has 0 amide bonds. The third kappa shape index (κ3) is 8.47. The summed E-state index contributed by atoms with van der Waals surface area (Å²) in [6.45, 7) is 5.01. The zero-order valence-corrected chi connectivity index (χ0v) is 53.6. The molecule has 0 saturated heterocycles. The largest absolute Gasteiger partial charge is 0.311 e. The van der Waals surface area contributed by atoms with Gasteiger partial charge in [0.15, 0.2) is 0 Å². The molecular formula is C94H65BN6. The molecule has 15 aromatic carbocycles. The number of aromatic nitrogens is 4. The number of hydrogen-bond acceptors (Lipinski definition) is 2. The Morgan fingerprint density at radius 2 is 0.554 bits per heavy atom. The zero-order chi connectivity index (χ0) is 94.6. The summed E-state index contributed by atoms with van der Waals surface area (Å²) in [5, 5.41) is -1.45. The van der Waals surface area contributed by atoms with E-state index in [2.05, 4.69) is 0 Å². The van der Waals surface area contributed by atoms with Crippen LogP contribution in [0.1, 0.15) is 70.2 Å². The number of anilines is 6. The highest BCUT2D eigenvalue weighted by atomic mass is 15.2. The highest BCUT2D eigenvalue weighted by Crippen LogP contribution is 2.52. The molecule has 101 heavy (non-hydrogen) atoms. The molecule has 2 aliphatic heterocycles. The standard InChI is InChI=1S/C94H65BN6/c1-94(2,3)62-56-91-93-92(57-62)101(80-41-15-5-31-68(80)61-27-25-29-64(55-61)97-83-44-18-8-34-71(83)72-35-9-19-45-84(72)97)90-59-66(99-87-48-22-12-38-75(87)76-39-13-23-49-88(76)99)51-53-78(90)95(93)77-52-50-65(98-85-46-20-10-36-73(85)74-37-11-21-47-86(74)98)58-89(77)100(91)79-40-14-4-30-67(79)60-26-24-28-63(54-60)96-81-42-16-6-32-69(81)70-33-7-17-43-82(70)96/h4-59H,1-3H3/i6D,7D,8D,9D,10D,11D,12D,13D,16D,17D,18D,19D,20D,21D,22D,23D,32D,33D,34D,35D,36D,37D,38D,39D,42D,43D,44D,45D,46D,47D,48D,49D. The summed E-state index contributed by atoms with van der Waals surface area (Å²) in [4.78, 5) is 4.00. The van der Waals surface area contributed by atoms with Crippen LogP contribution >= 0.6 is 0 Å². The van der Waals surface area contributed by atoms with Gasteiger partial charge in [-0.15, -0.1) is 0 Å². The maximum Gasteiger partial charge on any atom is 0.252 e. The predicted molar refractivity (Wildman–Crippen MR) is 427 cm³/mol. The van der Waals surface area contributed by atoms with E-state index in [1.165, 1.54) is 18.3 Å². The first-order valence-electron chi connectivity index (χ1n) is 48.6. The first-order chi connectivity index (χ1) is 63.1. The monoisotopic (exact) mass is 1320 g/mol. The fourth-order valence-electron chi connectivity index (χ4n) is 15.4. The molecule has 0 unspecified atom stereocenters. The molecule has 19 aromatic rings. The summed E-state index contributed by atoms with van der Waals surface area (Å²) in [5.41, 5.74) is 4.89. The number of para-hydroxylation sites is 10. The van der Waals surface area contributed by atoms with E-state index in [1.54, 1.807) is 109 Å². The third-order valence-electron chi connectivity index (χ3n) is 19.7. The van der Waals surface area contributed by atoms with Crippen molar-refractivity contribution in [1.29, 1.82) is 0 Å². The molecule has 6 nitrogen and oxygen atoms in total. The van der Waals surface area contributed by atoms with Gasteiger partial charge in [-0.25, -0.2) is 0 Å². The van der Waals surface area contributed by atoms with Gasteiger partial charge >= 0.3 is 0 Å². The molecule has 0 saturated carbocycles. The number of nitrogens with zero attached hydrogens (tertiary/aromatic N) is 6. The van der Waals surface area contributed by atoms with Crippen LogP contribution in [0.2, 0.25) is 0 Å². The summed E-state index contributed by atoms with van der Waals surface area (Å²) < 4.78 is 303.